The molecule has 0 aliphatic rings. The third-order valence-electron chi connectivity index (χ3n) is 4.33. The average molecular weight is 337 g/mol. The molecule has 3 aromatic rings. The molecule has 130 valence electrons. The molecule has 0 saturated carbocycles. The molecule has 5 heteroatoms. The van der Waals surface area contributed by atoms with E-state index in [0.29, 0.717) is 6.54 Å². The molecule has 2 aromatic carbocycles. The van der Waals surface area contributed by atoms with Gasteiger partial charge in [0, 0.05) is 17.8 Å². The number of methoxy groups -OCH3 is 1. The van der Waals surface area contributed by atoms with Crippen molar-refractivity contribution in [2.45, 2.75) is 12.6 Å². The lowest BCUT2D eigenvalue weighted by Crippen LogP contribution is -2.27. The zero-order valence-corrected chi connectivity index (χ0v) is 14.5. The highest BCUT2D eigenvalue weighted by Crippen LogP contribution is 2.24. The molecule has 1 aromatic heterocycles. The molecule has 0 spiro atoms. The van der Waals surface area contributed by atoms with E-state index >= 15 is 0 Å². The molecule has 1 unspecified atom stereocenters. The fourth-order valence-electron chi connectivity index (χ4n) is 2.90. The number of nitrogens with zero attached hydrogens (tertiary/aromatic N) is 2. The summed E-state index contributed by atoms with van der Waals surface area (Å²) in [6.45, 7) is 0.708. The number of benzene rings is 2. The van der Waals surface area contributed by atoms with Crippen molar-refractivity contribution >= 4 is 0 Å². The van der Waals surface area contributed by atoms with Crippen molar-refractivity contribution in [1.82, 2.24) is 15.1 Å². The van der Waals surface area contributed by atoms with Crippen LogP contribution in [0.25, 0.3) is 11.3 Å². The fraction of sp³-hybridized carbons (Fsp3) is 0.250. The molecule has 2 N–H and O–H groups in total. The second-order valence-corrected chi connectivity index (χ2v) is 6.03. The van der Waals surface area contributed by atoms with Crippen LogP contribution in [0.15, 0.2) is 60.7 Å². The quantitative estimate of drug-likeness (QED) is 0.695. The Bertz CT molecular complexity index is 784. The van der Waals surface area contributed by atoms with Crippen LogP contribution in [0.2, 0.25) is 0 Å². The number of hydrogen-bond acceptors (Lipinski definition) is 4. The van der Waals surface area contributed by atoms with Gasteiger partial charge in [-0.1, -0.05) is 42.5 Å². The minimum Gasteiger partial charge on any atom is -0.497 e. The summed E-state index contributed by atoms with van der Waals surface area (Å²) in [5.74, 6) is 0.809. The molecule has 0 aliphatic heterocycles. The maximum atomic E-state index is 9.84. The van der Waals surface area contributed by atoms with E-state index in [1.165, 1.54) is 0 Å². The highest BCUT2D eigenvalue weighted by atomic mass is 16.5. The summed E-state index contributed by atoms with van der Waals surface area (Å²) in [6, 6.07) is 19.8. The van der Waals surface area contributed by atoms with Crippen LogP contribution in [0.5, 0.6) is 5.75 Å². The van der Waals surface area contributed by atoms with Gasteiger partial charge >= 0.3 is 0 Å². The lowest BCUT2D eigenvalue weighted by molar-refractivity contribution is 0.141. The van der Waals surface area contributed by atoms with E-state index in [2.05, 4.69) is 15.1 Å². The molecule has 1 atom stereocenters. The van der Waals surface area contributed by atoms with Gasteiger partial charge in [-0.2, -0.15) is 5.10 Å². The van der Waals surface area contributed by atoms with Crippen LogP contribution in [0.3, 0.4) is 0 Å². The highest BCUT2D eigenvalue weighted by Gasteiger charge is 2.17. The first-order valence-electron chi connectivity index (χ1n) is 8.26. The van der Waals surface area contributed by atoms with Crippen LogP contribution in [0.1, 0.15) is 17.3 Å². The van der Waals surface area contributed by atoms with E-state index in [1.807, 2.05) is 67.7 Å². The Balaban J connectivity index is 1.71. The van der Waals surface area contributed by atoms with Crippen molar-refractivity contribution in [1.29, 1.82) is 0 Å². The Hall–Kier alpha value is -2.63. The summed E-state index contributed by atoms with van der Waals surface area (Å²) in [7, 11) is 3.64. The van der Waals surface area contributed by atoms with Crippen LogP contribution < -0.4 is 4.74 Å². The van der Waals surface area contributed by atoms with Crippen molar-refractivity contribution in [3.05, 3.63) is 71.9 Å². The van der Waals surface area contributed by atoms with Gasteiger partial charge in [-0.05, 0) is 30.8 Å². The molecule has 25 heavy (non-hydrogen) atoms. The van der Waals surface area contributed by atoms with Gasteiger partial charge in [-0.25, -0.2) is 0 Å². The first kappa shape index (κ1) is 17.2. The molecule has 0 saturated heterocycles. The lowest BCUT2D eigenvalue weighted by Gasteiger charge is -2.26. The fourth-order valence-corrected chi connectivity index (χ4v) is 2.90. The second-order valence-electron chi connectivity index (χ2n) is 6.03. The minimum atomic E-state index is -0.0885. The SMILES string of the molecule is COc1ccc(C(CO)N(C)Cc2cc(-c3ccccc3)n[nH]2)cc1. The first-order chi connectivity index (χ1) is 12.2. The van der Waals surface area contributed by atoms with Gasteiger partial charge in [0.15, 0.2) is 0 Å². The standard InChI is InChI=1S/C20H23N3O2/c1-23(20(14-24)16-8-10-18(25-2)11-9-16)13-17-12-19(22-21-17)15-6-4-3-5-7-15/h3-12,20,24H,13-14H2,1-2H3,(H,21,22). The smallest absolute Gasteiger partial charge is 0.118 e. The van der Waals surface area contributed by atoms with Gasteiger partial charge in [0.2, 0.25) is 0 Å². The van der Waals surface area contributed by atoms with Gasteiger partial charge in [-0.15, -0.1) is 0 Å². The number of aromatic nitrogens is 2. The predicted molar refractivity (Wildman–Crippen MR) is 98.3 cm³/mol. The lowest BCUT2D eigenvalue weighted by atomic mass is 10.1. The Morgan fingerprint density at radius 2 is 1.84 bits per heavy atom. The number of aliphatic hydroxyl groups is 1. The normalized spacial score (nSPS) is 12.3. The second kappa shape index (κ2) is 7.96. The molecule has 1 heterocycles. The van der Waals surface area contributed by atoms with Crippen molar-refractivity contribution < 1.29 is 9.84 Å². The summed E-state index contributed by atoms with van der Waals surface area (Å²) in [5.41, 5.74) is 4.07. The molecular weight excluding hydrogens is 314 g/mol. The summed E-state index contributed by atoms with van der Waals surface area (Å²) in [5, 5.41) is 17.3. The van der Waals surface area contributed by atoms with Gasteiger partial charge in [0.25, 0.3) is 0 Å². The Labute approximate surface area is 147 Å². The van der Waals surface area contributed by atoms with Crippen molar-refractivity contribution in [3.63, 3.8) is 0 Å². The number of hydrogen-bond donors (Lipinski definition) is 2. The number of ether oxygens (including phenoxy) is 1. The summed E-state index contributed by atoms with van der Waals surface area (Å²) in [4.78, 5) is 2.10. The Morgan fingerprint density at radius 3 is 2.48 bits per heavy atom. The van der Waals surface area contributed by atoms with Gasteiger partial charge in [0.05, 0.1) is 25.5 Å². The van der Waals surface area contributed by atoms with Crippen LogP contribution >= 0.6 is 0 Å². The summed E-state index contributed by atoms with van der Waals surface area (Å²) < 4.78 is 5.19. The van der Waals surface area contributed by atoms with E-state index in [9.17, 15) is 5.11 Å². The highest BCUT2D eigenvalue weighted by molar-refractivity contribution is 5.58. The molecular formula is C20H23N3O2. The topological polar surface area (TPSA) is 61.4 Å². The number of aliphatic hydroxyl groups excluding tert-OH is 1. The number of aromatic amines is 1. The third-order valence-corrected chi connectivity index (χ3v) is 4.33. The average Bonchev–Trinajstić information content (AvgIpc) is 3.12. The van der Waals surface area contributed by atoms with Crippen LogP contribution in [-0.2, 0) is 6.54 Å². The van der Waals surface area contributed by atoms with E-state index in [1.54, 1.807) is 7.11 Å². The van der Waals surface area contributed by atoms with Gasteiger partial charge < -0.3 is 9.84 Å². The molecule has 0 radical (unpaired) electrons. The first-order valence-corrected chi connectivity index (χ1v) is 8.26. The van der Waals surface area contributed by atoms with E-state index in [0.717, 1.165) is 28.3 Å². The molecule has 5 nitrogen and oxygen atoms in total. The Morgan fingerprint density at radius 1 is 1.12 bits per heavy atom. The molecule has 0 bridgehead atoms. The maximum Gasteiger partial charge on any atom is 0.118 e. The minimum absolute atomic E-state index is 0.0442. The summed E-state index contributed by atoms with van der Waals surface area (Å²) in [6.07, 6.45) is 0. The number of H-pyrrole nitrogens is 1. The maximum absolute atomic E-state index is 9.84. The van der Waals surface area contributed by atoms with Gasteiger partial charge in [-0.3, -0.25) is 10.00 Å². The molecule has 3 rings (SSSR count). The van der Waals surface area contributed by atoms with E-state index < -0.39 is 0 Å². The molecule has 0 amide bonds. The summed E-state index contributed by atoms with van der Waals surface area (Å²) >= 11 is 0. The van der Waals surface area contributed by atoms with Crippen LogP contribution in [0, 0.1) is 0 Å². The van der Waals surface area contributed by atoms with Crippen LogP contribution in [-0.4, -0.2) is 41.0 Å². The zero-order valence-electron chi connectivity index (χ0n) is 14.5. The number of nitrogens with one attached hydrogen (secondary N) is 1. The Kier molecular flexibility index (Phi) is 5.48. The zero-order chi connectivity index (χ0) is 17.6. The van der Waals surface area contributed by atoms with E-state index in [-0.39, 0.29) is 12.6 Å². The molecule has 0 fully saturated rings. The van der Waals surface area contributed by atoms with E-state index in [4.69, 9.17) is 4.74 Å². The number of rotatable bonds is 7. The number of likely N-dealkylation sites (N-methyl/N-ethyl adjacent to an activating group) is 1. The van der Waals surface area contributed by atoms with Crippen molar-refractivity contribution in [2.24, 2.45) is 0 Å². The largest absolute Gasteiger partial charge is 0.497 e. The van der Waals surface area contributed by atoms with Gasteiger partial charge in [0.1, 0.15) is 5.75 Å². The van der Waals surface area contributed by atoms with Crippen LogP contribution in [0.4, 0.5) is 0 Å². The van der Waals surface area contributed by atoms with Crippen molar-refractivity contribution in [2.75, 3.05) is 20.8 Å². The molecule has 0 aliphatic carbocycles. The third kappa shape index (κ3) is 4.07. The van der Waals surface area contributed by atoms with Crippen molar-refractivity contribution in [3.8, 4) is 17.0 Å². The predicted octanol–water partition coefficient (Wildman–Crippen LogP) is 3.25. The monoisotopic (exact) mass is 337 g/mol.